The Morgan fingerprint density at radius 2 is 1.91 bits per heavy atom. The Kier molecular flexibility index (Phi) is 6.44. The highest BCUT2D eigenvalue weighted by Crippen LogP contribution is 2.09. The molecule has 0 unspecified atom stereocenters. The van der Waals surface area contributed by atoms with Crippen molar-refractivity contribution in [3.05, 3.63) is 70.8 Å². The maximum Gasteiger partial charge on any atom is 0.224 e. The van der Waals surface area contributed by atoms with Crippen LogP contribution < -0.4 is 5.32 Å². The topological polar surface area (TPSA) is 29.1 Å². The highest BCUT2D eigenvalue weighted by Gasteiger charge is 2.05. The van der Waals surface area contributed by atoms with Gasteiger partial charge in [0.15, 0.2) is 0 Å². The number of aryl methyl sites for hydroxylation is 1. The van der Waals surface area contributed by atoms with Crippen LogP contribution in [0.4, 0.5) is 0 Å². The number of carbonyl (C=O) groups excluding carboxylic acids is 1. The van der Waals surface area contributed by atoms with Gasteiger partial charge in [-0.1, -0.05) is 55.5 Å². The number of carbonyl (C=O) groups is 1. The monoisotopic (exact) mass is 305 g/mol. The maximum absolute atomic E-state index is 12.0. The fourth-order valence-corrected chi connectivity index (χ4v) is 2.30. The first-order chi connectivity index (χ1) is 11.2. The van der Waals surface area contributed by atoms with Crippen molar-refractivity contribution < 1.29 is 4.79 Å². The first-order valence-electron chi connectivity index (χ1n) is 8.12. The molecule has 0 saturated heterocycles. The zero-order valence-electron chi connectivity index (χ0n) is 13.9. The Morgan fingerprint density at radius 3 is 2.70 bits per heavy atom. The SMILES string of the molecule is CCCCNC(=O)Cc1ccccc1C#Cc1cccc(C)c1. The number of nitrogens with one attached hydrogen (secondary N) is 1. The first-order valence-corrected chi connectivity index (χ1v) is 8.12. The van der Waals surface area contributed by atoms with Gasteiger partial charge < -0.3 is 5.32 Å². The zero-order valence-corrected chi connectivity index (χ0v) is 13.9. The highest BCUT2D eigenvalue weighted by atomic mass is 16.1. The van der Waals surface area contributed by atoms with Crippen LogP contribution in [0, 0.1) is 18.8 Å². The second kappa shape index (κ2) is 8.80. The van der Waals surface area contributed by atoms with E-state index in [1.54, 1.807) is 0 Å². The third-order valence-electron chi connectivity index (χ3n) is 3.58. The van der Waals surface area contributed by atoms with E-state index in [9.17, 15) is 4.79 Å². The minimum Gasteiger partial charge on any atom is -0.356 e. The second-order valence-corrected chi connectivity index (χ2v) is 5.66. The van der Waals surface area contributed by atoms with Gasteiger partial charge in [0.2, 0.25) is 5.91 Å². The summed E-state index contributed by atoms with van der Waals surface area (Å²) in [6.07, 6.45) is 2.47. The van der Waals surface area contributed by atoms with Crippen LogP contribution >= 0.6 is 0 Å². The van der Waals surface area contributed by atoms with E-state index in [4.69, 9.17) is 0 Å². The Balaban J connectivity index is 2.10. The molecular formula is C21H23NO. The number of hydrogen-bond acceptors (Lipinski definition) is 1. The van der Waals surface area contributed by atoms with E-state index >= 15 is 0 Å². The molecule has 0 fully saturated rings. The molecule has 0 aliphatic carbocycles. The van der Waals surface area contributed by atoms with Crippen molar-refractivity contribution in [1.82, 2.24) is 5.32 Å². The first kappa shape index (κ1) is 16.8. The molecule has 2 aromatic carbocycles. The molecule has 1 N–H and O–H groups in total. The molecule has 118 valence electrons. The van der Waals surface area contributed by atoms with Crippen LogP contribution in [-0.4, -0.2) is 12.5 Å². The molecular weight excluding hydrogens is 282 g/mol. The quantitative estimate of drug-likeness (QED) is 0.660. The van der Waals surface area contributed by atoms with Crippen LogP contribution in [0.1, 0.15) is 42.0 Å². The van der Waals surface area contributed by atoms with Crippen LogP contribution in [0.5, 0.6) is 0 Å². The smallest absolute Gasteiger partial charge is 0.224 e. The van der Waals surface area contributed by atoms with E-state index in [1.807, 2.05) is 36.4 Å². The van der Waals surface area contributed by atoms with Crippen molar-refractivity contribution in [3.8, 4) is 11.8 Å². The fraction of sp³-hybridized carbons (Fsp3) is 0.286. The summed E-state index contributed by atoms with van der Waals surface area (Å²) in [7, 11) is 0. The Hall–Kier alpha value is -2.53. The van der Waals surface area contributed by atoms with E-state index in [0.717, 1.165) is 36.1 Å². The highest BCUT2D eigenvalue weighted by molar-refractivity contribution is 5.79. The number of unbranched alkanes of at least 4 members (excludes halogenated alkanes) is 1. The van der Waals surface area contributed by atoms with Crippen LogP contribution in [0.15, 0.2) is 48.5 Å². The third kappa shape index (κ3) is 5.64. The molecule has 2 aromatic rings. The third-order valence-corrected chi connectivity index (χ3v) is 3.58. The summed E-state index contributed by atoms with van der Waals surface area (Å²) in [5, 5.41) is 2.95. The molecule has 0 spiro atoms. The summed E-state index contributed by atoms with van der Waals surface area (Å²) in [5.74, 6) is 6.44. The average Bonchev–Trinajstić information content (AvgIpc) is 2.54. The molecule has 23 heavy (non-hydrogen) atoms. The van der Waals surface area contributed by atoms with Gasteiger partial charge in [-0.05, 0) is 42.7 Å². The van der Waals surface area contributed by atoms with E-state index in [0.29, 0.717) is 6.42 Å². The van der Waals surface area contributed by atoms with Gasteiger partial charge in [0, 0.05) is 17.7 Å². The summed E-state index contributed by atoms with van der Waals surface area (Å²) in [6.45, 7) is 4.91. The van der Waals surface area contributed by atoms with Crippen molar-refractivity contribution >= 4 is 5.91 Å². The predicted molar refractivity (Wildman–Crippen MR) is 95.2 cm³/mol. The summed E-state index contributed by atoms with van der Waals surface area (Å²) in [5.41, 5.74) is 4.08. The van der Waals surface area contributed by atoms with Gasteiger partial charge in [-0.2, -0.15) is 0 Å². The lowest BCUT2D eigenvalue weighted by Gasteiger charge is -2.06. The Bertz CT molecular complexity index is 722. The second-order valence-electron chi connectivity index (χ2n) is 5.66. The molecule has 2 rings (SSSR count). The molecule has 2 nitrogen and oxygen atoms in total. The zero-order chi connectivity index (χ0) is 16.5. The number of benzene rings is 2. The number of rotatable bonds is 5. The predicted octanol–water partition coefficient (Wildman–Crippen LogP) is 3.85. The molecule has 0 aliphatic heterocycles. The van der Waals surface area contributed by atoms with Gasteiger partial charge in [0.05, 0.1) is 6.42 Å². The van der Waals surface area contributed by atoms with Gasteiger partial charge in [-0.25, -0.2) is 0 Å². The van der Waals surface area contributed by atoms with Gasteiger partial charge in [0.1, 0.15) is 0 Å². The van der Waals surface area contributed by atoms with Gasteiger partial charge >= 0.3 is 0 Å². The van der Waals surface area contributed by atoms with Crippen LogP contribution in [-0.2, 0) is 11.2 Å². The minimum absolute atomic E-state index is 0.0586. The van der Waals surface area contributed by atoms with Crippen molar-refractivity contribution in [2.45, 2.75) is 33.1 Å². The summed E-state index contributed by atoms with van der Waals surface area (Å²) < 4.78 is 0. The van der Waals surface area contributed by atoms with E-state index in [-0.39, 0.29) is 5.91 Å². The Labute approximate surface area is 138 Å². The molecule has 0 aliphatic rings. The maximum atomic E-state index is 12.0. The van der Waals surface area contributed by atoms with Crippen molar-refractivity contribution in [3.63, 3.8) is 0 Å². The lowest BCUT2D eigenvalue weighted by molar-refractivity contribution is -0.120. The number of hydrogen-bond donors (Lipinski definition) is 1. The Morgan fingerprint density at radius 1 is 1.09 bits per heavy atom. The van der Waals surface area contributed by atoms with E-state index in [2.05, 4.69) is 43.1 Å². The average molecular weight is 305 g/mol. The molecule has 1 amide bonds. The van der Waals surface area contributed by atoms with Gasteiger partial charge in [0.25, 0.3) is 0 Å². The van der Waals surface area contributed by atoms with E-state index < -0.39 is 0 Å². The van der Waals surface area contributed by atoms with Gasteiger partial charge in [-0.15, -0.1) is 0 Å². The van der Waals surface area contributed by atoms with Crippen molar-refractivity contribution in [2.24, 2.45) is 0 Å². The fourth-order valence-electron chi connectivity index (χ4n) is 2.30. The standard InChI is InChI=1S/C21H23NO/c1-3-4-14-22-21(23)16-20-11-6-5-10-19(20)13-12-18-9-7-8-17(2)15-18/h5-11,15H,3-4,14,16H2,1-2H3,(H,22,23). The van der Waals surface area contributed by atoms with Crippen LogP contribution in [0.25, 0.3) is 0 Å². The van der Waals surface area contributed by atoms with E-state index in [1.165, 1.54) is 5.56 Å². The molecule has 0 radical (unpaired) electrons. The number of amides is 1. The lowest BCUT2D eigenvalue weighted by atomic mass is 10.0. The molecule has 2 heteroatoms. The molecule has 0 aromatic heterocycles. The summed E-state index contributed by atoms with van der Waals surface area (Å²) in [6, 6.07) is 16.0. The summed E-state index contributed by atoms with van der Waals surface area (Å²) >= 11 is 0. The normalized spacial score (nSPS) is 9.83. The summed E-state index contributed by atoms with van der Waals surface area (Å²) in [4.78, 5) is 12.0. The minimum atomic E-state index is 0.0586. The van der Waals surface area contributed by atoms with Crippen molar-refractivity contribution in [2.75, 3.05) is 6.54 Å². The molecule has 0 saturated carbocycles. The molecule has 0 heterocycles. The van der Waals surface area contributed by atoms with Crippen LogP contribution in [0.2, 0.25) is 0 Å². The van der Waals surface area contributed by atoms with Crippen molar-refractivity contribution in [1.29, 1.82) is 0 Å². The van der Waals surface area contributed by atoms with Crippen LogP contribution in [0.3, 0.4) is 0 Å². The molecule has 0 atom stereocenters. The molecule has 0 bridgehead atoms. The van der Waals surface area contributed by atoms with Gasteiger partial charge in [-0.3, -0.25) is 4.79 Å². The lowest BCUT2D eigenvalue weighted by Crippen LogP contribution is -2.26. The largest absolute Gasteiger partial charge is 0.356 e.